The van der Waals surface area contributed by atoms with Gasteiger partial charge in [0.15, 0.2) is 0 Å². The van der Waals surface area contributed by atoms with Crippen LogP contribution in [0.5, 0.6) is 0 Å². The lowest BCUT2D eigenvalue weighted by molar-refractivity contribution is 0.669. The molecule has 45 heavy (non-hydrogen) atoms. The van der Waals surface area contributed by atoms with Crippen LogP contribution in [-0.2, 0) is 0 Å². The van der Waals surface area contributed by atoms with Gasteiger partial charge in [0.2, 0.25) is 0 Å². The van der Waals surface area contributed by atoms with Gasteiger partial charge in [-0.15, -0.1) is 11.3 Å². The SMILES string of the molecule is c1ccc2c(c1)ccc1ccc3cc(N(c4ccc5c(c4)oc4ccccc45)c4ccc5c(c4)sc4ccccc45)ccc3c12. The first-order chi connectivity index (χ1) is 22.3. The molecule has 3 heteroatoms. The Morgan fingerprint density at radius 1 is 0.378 bits per heavy atom. The number of hydrogen-bond donors (Lipinski definition) is 0. The van der Waals surface area contributed by atoms with E-state index in [1.54, 1.807) is 0 Å². The minimum Gasteiger partial charge on any atom is -0.456 e. The Kier molecular flexibility index (Phi) is 5.19. The topological polar surface area (TPSA) is 16.4 Å². The van der Waals surface area contributed by atoms with Crippen LogP contribution in [-0.4, -0.2) is 0 Å². The average molecular weight is 592 g/mol. The molecule has 0 aliphatic heterocycles. The average Bonchev–Trinajstić information content (AvgIpc) is 3.65. The second kappa shape index (κ2) is 9.43. The fourth-order valence-electron chi connectivity index (χ4n) is 7.12. The van der Waals surface area contributed by atoms with E-state index in [-0.39, 0.29) is 0 Å². The zero-order valence-electron chi connectivity index (χ0n) is 24.2. The summed E-state index contributed by atoms with van der Waals surface area (Å²) >= 11 is 1.85. The molecule has 0 saturated heterocycles. The molecule has 0 aliphatic carbocycles. The van der Waals surface area contributed by atoms with Gasteiger partial charge in [-0.2, -0.15) is 0 Å². The van der Waals surface area contributed by atoms with Crippen molar-refractivity contribution in [2.24, 2.45) is 0 Å². The van der Waals surface area contributed by atoms with Gasteiger partial charge < -0.3 is 9.32 Å². The van der Waals surface area contributed by atoms with Crippen LogP contribution in [0, 0.1) is 0 Å². The number of rotatable bonds is 3. The molecule has 0 N–H and O–H groups in total. The molecule has 210 valence electrons. The minimum absolute atomic E-state index is 0.889. The molecule has 0 unspecified atom stereocenters. The largest absolute Gasteiger partial charge is 0.456 e. The molecule has 2 nitrogen and oxygen atoms in total. The predicted octanol–water partition coefficient (Wildman–Crippen LogP) is 12.9. The van der Waals surface area contributed by atoms with Crippen LogP contribution in [0.4, 0.5) is 17.1 Å². The summed E-state index contributed by atoms with van der Waals surface area (Å²) in [5, 5.41) is 12.5. The molecule has 0 spiro atoms. The summed E-state index contributed by atoms with van der Waals surface area (Å²) in [6, 6.07) is 54.9. The van der Waals surface area contributed by atoms with E-state index in [0.29, 0.717) is 0 Å². The molecule has 0 saturated carbocycles. The fraction of sp³-hybridized carbons (Fsp3) is 0. The molecule has 0 aliphatic rings. The van der Waals surface area contributed by atoms with Crippen molar-refractivity contribution in [3.8, 4) is 0 Å². The van der Waals surface area contributed by atoms with Crippen LogP contribution in [0.1, 0.15) is 0 Å². The van der Waals surface area contributed by atoms with E-state index in [2.05, 4.69) is 144 Å². The Morgan fingerprint density at radius 2 is 0.956 bits per heavy atom. The van der Waals surface area contributed by atoms with Gasteiger partial charge in [0, 0.05) is 54.1 Å². The Morgan fingerprint density at radius 3 is 1.84 bits per heavy atom. The Balaban J connectivity index is 1.22. The third-order valence-electron chi connectivity index (χ3n) is 9.21. The third kappa shape index (κ3) is 3.75. The molecular weight excluding hydrogens is 567 g/mol. The van der Waals surface area contributed by atoms with Gasteiger partial charge >= 0.3 is 0 Å². The van der Waals surface area contributed by atoms with Crippen LogP contribution in [0.15, 0.2) is 156 Å². The summed E-state index contributed by atoms with van der Waals surface area (Å²) in [7, 11) is 0. The predicted molar refractivity (Wildman–Crippen MR) is 194 cm³/mol. The van der Waals surface area contributed by atoms with Crippen molar-refractivity contribution < 1.29 is 4.42 Å². The van der Waals surface area contributed by atoms with Crippen LogP contribution >= 0.6 is 11.3 Å². The summed E-state index contributed by atoms with van der Waals surface area (Å²) < 4.78 is 8.95. The molecule has 2 aromatic heterocycles. The standard InChI is InChI=1S/C42H25NOS/c1-2-8-32-26(7-1)13-14-27-15-16-28-23-29(17-20-33(28)42(27)32)43(30-18-21-35-34-9-3-5-11-38(34)44-39(35)24-30)31-19-22-37-36-10-4-6-12-40(36)45-41(37)25-31/h1-25H. The number of hydrogen-bond acceptors (Lipinski definition) is 3. The van der Waals surface area contributed by atoms with Crippen LogP contribution in [0.25, 0.3) is 74.4 Å². The zero-order valence-corrected chi connectivity index (χ0v) is 25.0. The fourth-order valence-corrected chi connectivity index (χ4v) is 8.26. The van der Waals surface area contributed by atoms with Gasteiger partial charge in [-0.05, 0) is 80.8 Å². The maximum Gasteiger partial charge on any atom is 0.137 e. The highest BCUT2D eigenvalue weighted by molar-refractivity contribution is 7.25. The quantitative estimate of drug-likeness (QED) is 0.190. The van der Waals surface area contributed by atoms with Crippen LogP contribution in [0.2, 0.25) is 0 Å². The summed E-state index contributed by atoms with van der Waals surface area (Å²) in [5.74, 6) is 0. The first-order valence-corrected chi connectivity index (χ1v) is 16.1. The van der Waals surface area contributed by atoms with Gasteiger partial charge in [-0.3, -0.25) is 0 Å². The second-order valence-electron chi connectivity index (χ2n) is 11.7. The lowest BCUT2D eigenvalue weighted by Gasteiger charge is -2.26. The Hall–Kier alpha value is -5.64. The third-order valence-corrected chi connectivity index (χ3v) is 10.3. The molecule has 0 radical (unpaired) electrons. The van der Waals surface area contributed by atoms with E-state index >= 15 is 0 Å². The highest BCUT2D eigenvalue weighted by atomic mass is 32.1. The highest BCUT2D eigenvalue weighted by Crippen LogP contribution is 2.43. The lowest BCUT2D eigenvalue weighted by atomic mass is 9.96. The number of anilines is 3. The number of para-hydroxylation sites is 1. The van der Waals surface area contributed by atoms with Crippen molar-refractivity contribution in [1.29, 1.82) is 0 Å². The van der Waals surface area contributed by atoms with Crippen molar-refractivity contribution in [1.82, 2.24) is 0 Å². The molecular formula is C42H25NOS. The zero-order chi connectivity index (χ0) is 29.5. The molecule has 0 amide bonds. The number of fused-ring (bicyclic) bond motifs is 11. The van der Waals surface area contributed by atoms with Crippen LogP contribution < -0.4 is 4.90 Å². The maximum absolute atomic E-state index is 6.36. The second-order valence-corrected chi connectivity index (χ2v) is 12.8. The molecule has 0 bridgehead atoms. The molecule has 2 heterocycles. The van der Waals surface area contributed by atoms with E-state index in [4.69, 9.17) is 4.42 Å². The van der Waals surface area contributed by atoms with Crippen molar-refractivity contribution in [2.75, 3.05) is 4.90 Å². The molecule has 10 aromatic rings. The van der Waals surface area contributed by atoms with Gasteiger partial charge in [-0.1, -0.05) is 97.1 Å². The monoisotopic (exact) mass is 591 g/mol. The Bertz CT molecular complexity index is 2670. The molecule has 0 atom stereocenters. The molecule has 8 aromatic carbocycles. The smallest absolute Gasteiger partial charge is 0.137 e. The molecule has 10 rings (SSSR count). The normalized spacial score (nSPS) is 12.0. The van der Waals surface area contributed by atoms with Gasteiger partial charge in [0.05, 0.1) is 0 Å². The van der Waals surface area contributed by atoms with Crippen molar-refractivity contribution >= 4 is 103 Å². The van der Waals surface area contributed by atoms with Gasteiger partial charge in [0.25, 0.3) is 0 Å². The minimum atomic E-state index is 0.889. The van der Waals surface area contributed by atoms with E-state index in [1.165, 1.54) is 52.5 Å². The maximum atomic E-state index is 6.36. The highest BCUT2D eigenvalue weighted by Gasteiger charge is 2.18. The van der Waals surface area contributed by atoms with E-state index < -0.39 is 0 Å². The lowest BCUT2D eigenvalue weighted by Crippen LogP contribution is -2.09. The van der Waals surface area contributed by atoms with Crippen LogP contribution in [0.3, 0.4) is 0 Å². The first kappa shape index (κ1) is 24.8. The van der Waals surface area contributed by atoms with Crippen molar-refractivity contribution in [3.63, 3.8) is 0 Å². The summed E-state index contributed by atoms with van der Waals surface area (Å²) in [4.78, 5) is 2.36. The van der Waals surface area contributed by atoms with E-state index in [9.17, 15) is 0 Å². The number of thiophene rings is 1. The summed E-state index contributed by atoms with van der Waals surface area (Å²) in [6.07, 6.45) is 0. The van der Waals surface area contributed by atoms with E-state index in [0.717, 1.165) is 39.0 Å². The van der Waals surface area contributed by atoms with Gasteiger partial charge in [0.1, 0.15) is 11.2 Å². The summed E-state index contributed by atoms with van der Waals surface area (Å²) in [6.45, 7) is 0. The first-order valence-electron chi connectivity index (χ1n) is 15.3. The van der Waals surface area contributed by atoms with Crippen molar-refractivity contribution in [2.45, 2.75) is 0 Å². The number of nitrogens with zero attached hydrogens (tertiary/aromatic N) is 1. The summed E-state index contributed by atoms with van der Waals surface area (Å²) in [5.41, 5.74) is 5.09. The van der Waals surface area contributed by atoms with Gasteiger partial charge in [-0.25, -0.2) is 0 Å². The number of furan rings is 1. The molecule has 0 fully saturated rings. The number of benzene rings is 8. The van der Waals surface area contributed by atoms with E-state index in [1.807, 2.05) is 23.5 Å². The Labute approximate surface area is 263 Å². The van der Waals surface area contributed by atoms with Crippen molar-refractivity contribution in [3.05, 3.63) is 152 Å².